The number of amides is 1. The van der Waals surface area contributed by atoms with Gasteiger partial charge in [-0.05, 0) is 54.8 Å². The molecule has 7 heteroatoms. The Kier molecular flexibility index (Phi) is 5.13. The summed E-state index contributed by atoms with van der Waals surface area (Å²) in [5.74, 6) is -0.181. The van der Waals surface area contributed by atoms with Gasteiger partial charge in [-0.15, -0.1) is 0 Å². The predicted molar refractivity (Wildman–Crippen MR) is 97.0 cm³/mol. The maximum atomic E-state index is 12.5. The van der Waals surface area contributed by atoms with Gasteiger partial charge in [0, 0.05) is 30.2 Å². The minimum Gasteiger partial charge on any atom is -0.337 e. The minimum absolute atomic E-state index is 0.0511. The van der Waals surface area contributed by atoms with Gasteiger partial charge < -0.3 is 4.90 Å². The highest BCUT2D eigenvalue weighted by atomic mass is 35.5. The molecule has 0 spiro atoms. The van der Waals surface area contributed by atoms with Gasteiger partial charge in [0.1, 0.15) is 0 Å². The van der Waals surface area contributed by atoms with Crippen molar-refractivity contribution >= 4 is 27.5 Å². The number of rotatable bonds is 6. The van der Waals surface area contributed by atoms with Crippen LogP contribution in [0.3, 0.4) is 0 Å². The van der Waals surface area contributed by atoms with Crippen LogP contribution in [0.5, 0.6) is 0 Å². The topological polar surface area (TPSA) is 66.5 Å². The molecule has 0 atom stereocenters. The van der Waals surface area contributed by atoms with Gasteiger partial charge in [0.25, 0.3) is 5.91 Å². The zero-order valence-electron chi connectivity index (χ0n) is 13.8. The molecule has 1 aliphatic rings. The van der Waals surface area contributed by atoms with Gasteiger partial charge in [0.15, 0.2) is 0 Å². The van der Waals surface area contributed by atoms with Crippen molar-refractivity contribution in [1.82, 2.24) is 9.62 Å². The van der Waals surface area contributed by atoms with Gasteiger partial charge in [-0.25, -0.2) is 13.1 Å². The molecule has 2 aromatic rings. The summed E-state index contributed by atoms with van der Waals surface area (Å²) in [5, 5.41) is 0.621. The normalized spacial score (nSPS) is 14.3. The number of nitrogens with one attached hydrogen (secondary N) is 1. The first-order valence-electron chi connectivity index (χ1n) is 7.97. The summed E-state index contributed by atoms with van der Waals surface area (Å²) >= 11 is 5.96. The third kappa shape index (κ3) is 4.60. The standard InChI is InChI=1S/C18H19ClN2O3S/c1-21(12-13-3-2-4-15(19)11-13)18(22)14-5-9-17(10-6-14)25(23,24)20-16-7-8-16/h2-6,9-11,16,20H,7-8,12H2,1H3. The highest BCUT2D eigenvalue weighted by Gasteiger charge is 2.28. The molecule has 0 saturated heterocycles. The van der Waals surface area contributed by atoms with Crippen LogP contribution in [-0.2, 0) is 16.6 Å². The van der Waals surface area contributed by atoms with Crippen molar-refractivity contribution in [3.05, 3.63) is 64.7 Å². The molecule has 1 aliphatic carbocycles. The van der Waals surface area contributed by atoms with Gasteiger partial charge in [-0.2, -0.15) is 0 Å². The van der Waals surface area contributed by atoms with E-state index in [4.69, 9.17) is 11.6 Å². The van der Waals surface area contributed by atoms with E-state index in [0.29, 0.717) is 17.1 Å². The van der Waals surface area contributed by atoms with Crippen LogP contribution in [0.15, 0.2) is 53.4 Å². The Morgan fingerprint density at radius 3 is 2.48 bits per heavy atom. The number of hydrogen-bond acceptors (Lipinski definition) is 3. The van der Waals surface area contributed by atoms with Crippen LogP contribution in [0.2, 0.25) is 5.02 Å². The summed E-state index contributed by atoms with van der Waals surface area (Å²) < 4.78 is 26.9. The van der Waals surface area contributed by atoms with Crippen molar-refractivity contribution in [1.29, 1.82) is 0 Å². The van der Waals surface area contributed by atoms with E-state index in [1.165, 1.54) is 24.3 Å². The van der Waals surface area contributed by atoms with Crippen LogP contribution in [0.25, 0.3) is 0 Å². The van der Waals surface area contributed by atoms with E-state index < -0.39 is 10.0 Å². The first-order chi connectivity index (χ1) is 11.8. The van der Waals surface area contributed by atoms with Gasteiger partial charge >= 0.3 is 0 Å². The van der Waals surface area contributed by atoms with Crippen LogP contribution in [-0.4, -0.2) is 32.3 Å². The summed E-state index contributed by atoms with van der Waals surface area (Å²) in [4.78, 5) is 14.3. The molecule has 1 amide bonds. The number of sulfonamides is 1. The molecule has 0 aromatic heterocycles. The largest absolute Gasteiger partial charge is 0.337 e. The van der Waals surface area contributed by atoms with E-state index in [9.17, 15) is 13.2 Å². The molecular weight excluding hydrogens is 360 g/mol. The van der Waals surface area contributed by atoms with Gasteiger partial charge in [0.05, 0.1) is 4.90 Å². The Balaban J connectivity index is 1.69. The van der Waals surface area contributed by atoms with Crippen molar-refractivity contribution in [3.8, 4) is 0 Å². The Labute approximate surface area is 152 Å². The van der Waals surface area contributed by atoms with E-state index in [1.807, 2.05) is 18.2 Å². The lowest BCUT2D eigenvalue weighted by Crippen LogP contribution is -2.27. The van der Waals surface area contributed by atoms with Crippen molar-refractivity contribution in [3.63, 3.8) is 0 Å². The summed E-state index contributed by atoms with van der Waals surface area (Å²) in [5.41, 5.74) is 1.37. The molecule has 5 nitrogen and oxygen atoms in total. The van der Waals surface area contributed by atoms with Gasteiger partial charge in [-0.3, -0.25) is 4.79 Å². The highest BCUT2D eigenvalue weighted by Crippen LogP contribution is 2.22. The molecule has 0 radical (unpaired) electrons. The predicted octanol–water partition coefficient (Wildman–Crippen LogP) is 3.05. The molecule has 2 aromatic carbocycles. The summed E-state index contributed by atoms with van der Waals surface area (Å²) in [7, 11) is -1.81. The molecule has 0 bridgehead atoms. The smallest absolute Gasteiger partial charge is 0.253 e. The monoisotopic (exact) mass is 378 g/mol. The fourth-order valence-electron chi connectivity index (χ4n) is 2.47. The summed E-state index contributed by atoms with van der Waals surface area (Å²) in [6.45, 7) is 0.419. The number of carbonyl (C=O) groups excluding carboxylic acids is 1. The average Bonchev–Trinajstić information content (AvgIpc) is 3.37. The van der Waals surface area contributed by atoms with E-state index in [2.05, 4.69) is 4.72 Å². The van der Waals surface area contributed by atoms with E-state index >= 15 is 0 Å². The van der Waals surface area contributed by atoms with Crippen LogP contribution in [0.4, 0.5) is 0 Å². The maximum Gasteiger partial charge on any atom is 0.253 e. The Bertz CT molecular complexity index is 877. The second-order valence-corrected chi connectivity index (χ2v) is 8.36. The number of benzene rings is 2. The van der Waals surface area contributed by atoms with Crippen LogP contribution in [0, 0.1) is 0 Å². The lowest BCUT2D eigenvalue weighted by molar-refractivity contribution is 0.0785. The number of hydrogen-bond donors (Lipinski definition) is 1. The zero-order chi connectivity index (χ0) is 18.0. The Morgan fingerprint density at radius 1 is 1.20 bits per heavy atom. The van der Waals surface area contributed by atoms with E-state index in [-0.39, 0.29) is 16.8 Å². The molecule has 1 saturated carbocycles. The van der Waals surface area contributed by atoms with Gasteiger partial charge in [-0.1, -0.05) is 23.7 Å². The van der Waals surface area contributed by atoms with Crippen LogP contribution >= 0.6 is 11.6 Å². The third-order valence-electron chi connectivity index (χ3n) is 3.97. The van der Waals surface area contributed by atoms with Crippen molar-refractivity contribution in [2.24, 2.45) is 0 Å². The van der Waals surface area contributed by atoms with E-state index in [0.717, 1.165) is 18.4 Å². The first-order valence-corrected chi connectivity index (χ1v) is 9.83. The molecule has 132 valence electrons. The van der Waals surface area contributed by atoms with Crippen molar-refractivity contribution in [2.75, 3.05) is 7.05 Å². The number of carbonyl (C=O) groups is 1. The first kappa shape index (κ1) is 17.9. The maximum absolute atomic E-state index is 12.5. The Hall–Kier alpha value is -1.89. The minimum atomic E-state index is -3.50. The quantitative estimate of drug-likeness (QED) is 0.840. The molecular formula is C18H19ClN2O3S. The van der Waals surface area contributed by atoms with E-state index in [1.54, 1.807) is 18.0 Å². The van der Waals surface area contributed by atoms with Gasteiger partial charge in [0.2, 0.25) is 10.0 Å². The average molecular weight is 379 g/mol. The fourth-order valence-corrected chi connectivity index (χ4v) is 3.98. The lowest BCUT2D eigenvalue weighted by Gasteiger charge is -2.17. The second-order valence-electron chi connectivity index (χ2n) is 6.21. The van der Waals surface area contributed by atoms with Crippen LogP contribution < -0.4 is 4.72 Å². The molecule has 0 heterocycles. The molecule has 1 N–H and O–H groups in total. The fraction of sp³-hybridized carbons (Fsp3) is 0.278. The molecule has 25 heavy (non-hydrogen) atoms. The second kappa shape index (κ2) is 7.15. The summed E-state index contributed by atoms with van der Waals surface area (Å²) in [6, 6.07) is 13.4. The van der Waals surface area contributed by atoms with Crippen molar-refractivity contribution in [2.45, 2.75) is 30.3 Å². The van der Waals surface area contributed by atoms with Crippen LogP contribution in [0.1, 0.15) is 28.8 Å². The molecule has 0 unspecified atom stereocenters. The third-order valence-corrected chi connectivity index (χ3v) is 5.74. The molecule has 1 fully saturated rings. The number of halogens is 1. The lowest BCUT2D eigenvalue weighted by atomic mass is 10.1. The molecule has 0 aliphatic heterocycles. The highest BCUT2D eigenvalue weighted by molar-refractivity contribution is 7.89. The number of nitrogens with zero attached hydrogens (tertiary/aromatic N) is 1. The SMILES string of the molecule is CN(Cc1cccc(Cl)c1)C(=O)c1ccc(S(=O)(=O)NC2CC2)cc1. The molecule has 3 rings (SSSR count). The zero-order valence-corrected chi connectivity index (χ0v) is 15.3. The summed E-state index contributed by atoms with van der Waals surface area (Å²) in [6.07, 6.45) is 1.76. The Morgan fingerprint density at radius 2 is 1.88 bits per heavy atom. The van der Waals surface area contributed by atoms with Crippen molar-refractivity contribution < 1.29 is 13.2 Å².